The molecule has 0 saturated carbocycles. The minimum atomic E-state index is -0.437. The third kappa shape index (κ3) is 4.26. The lowest BCUT2D eigenvalue weighted by Crippen LogP contribution is -2.50. The number of halogens is 1. The number of piperazine rings is 1. The number of nitrogens with zero attached hydrogens (tertiary/aromatic N) is 5. The fourth-order valence-corrected chi connectivity index (χ4v) is 4.22. The second kappa shape index (κ2) is 9.05. The number of hydrogen-bond acceptors (Lipinski definition) is 5. The Morgan fingerprint density at radius 2 is 1.76 bits per heavy atom. The highest BCUT2D eigenvalue weighted by Gasteiger charge is 2.26. The lowest BCUT2D eigenvalue weighted by atomic mass is 10.1. The molecule has 1 aliphatic rings. The van der Waals surface area contributed by atoms with E-state index < -0.39 is 5.82 Å². The van der Waals surface area contributed by atoms with Crippen molar-refractivity contribution in [2.45, 2.75) is 13.5 Å². The van der Waals surface area contributed by atoms with Crippen LogP contribution in [0.5, 0.6) is 0 Å². The molecule has 3 heterocycles. The van der Waals surface area contributed by atoms with Crippen LogP contribution in [0, 0.1) is 12.7 Å². The quantitative estimate of drug-likeness (QED) is 0.471. The molecule has 1 fully saturated rings. The zero-order chi connectivity index (χ0) is 23.7. The van der Waals surface area contributed by atoms with E-state index in [-0.39, 0.29) is 11.5 Å². The number of amides is 1. The van der Waals surface area contributed by atoms with Gasteiger partial charge in [0.15, 0.2) is 11.5 Å². The normalized spacial score (nSPS) is 13.9. The Hall–Kier alpha value is -4.07. The van der Waals surface area contributed by atoms with Gasteiger partial charge in [0.25, 0.3) is 11.5 Å². The van der Waals surface area contributed by atoms with Crippen molar-refractivity contribution < 1.29 is 9.18 Å². The van der Waals surface area contributed by atoms with Crippen molar-refractivity contribution in [3.8, 4) is 0 Å². The van der Waals surface area contributed by atoms with E-state index in [0.717, 1.165) is 11.1 Å². The molecule has 4 aromatic rings. The Bertz CT molecular complexity index is 1410. The maximum Gasteiger partial charge on any atom is 0.295 e. The SMILES string of the molecule is Cc1ccc(Cn2c(=O)c(N3CCN(C(=O)c4cccc(F)c4)CC3)nc3cccnc32)cc1. The molecule has 0 N–H and O–H groups in total. The van der Waals surface area contributed by atoms with E-state index >= 15 is 0 Å². The molecule has 0 bridgehead atoms. The first-order valence-electron chi connectivity index (χ1n) is 11.2. The molecule has 2 aromatic heterocycles. The maximum atomic E-state index is 13.5. The lowest BCUT2D eigenvalue weighted by Gasteiger charge is -2.35. The van der Waals surface area contributed by atoms with E-state index in [9.17, 15) is 14.0 Å². The molecule has 1 saturated heterocycles. The van der Waals surface area contributed by atoms with Gasteiger partial charge in [-0.1, -0.05) is 35.9 Å². The van der Waals surface area contributed by atoms with Crippen LogP contribution in [0.2, 0.25) is 0 Å². The summed E-state index contributed by atoms with van der Waals surface area (Å²) < 4.78 is 15.2. The first-order chi connectivity index (χ1) is 16.5. The van der Waals surface area contributed by atoms with Gasteiger partial charge in [0.1, 0.15) is 11.3 Å². The average Bonchev–Trinajstić information content (AvgIpc) is 2.86. The summed E-state index contributed by atoms with van der Waals surface area (Å²) in [5, 5.41) is 0. The van der Waals surface area contributed by atoms with E-state index in [1.54, 1.807) is 27.8 Å². The van der Waals surface area contributed by atoms with Gasteiger partial charge in [-0.2, -0.15) is 0 Å². The van der Waals surface area contributed by atoms with Crippen molar-refractivity contribution in [3.05, 3.63) is 99.7 Å². The topological polar surface area (TPSA) is 71.3 Å². The van der Waals surface area contributed by atoms with Crippen LogP contribution in [0.3, 0.4) is 0 Å². The maximum absolute atomic E-state index is 13.5. The number of pyridine rings is 1. The Morgan fingerprint density at radius 1 is 1.00 bits per heavy atom. The van der Waals surface area contributed by atoms with Gasteiger partial charge >= 0.3 is 0 Å². The third-order valence-electron chi connectivity index (χ3n) is 6.08. The van der Waals surface area contributed by atoms with E-state index in [2.05, 4.69) is 9.97 Å². The Morgan fingerprint density at radius 3 is 2.50 bits per heavy atom. The van der Waals surface area contributed by atoms with Gasteiger partial charge in [-0.3, -0.25) is 14.2 Å². The van der Waals surface area contributed by atoms with Gasteiger partial charge in [0.05, 0.1) is 6.54 Å². The number of carbonyl (C=O) groups excluding carboxylic acids is 1. The van der Waals surface area contributed by atoms with Gasteiger partial charge in [0, 0.05) is 37.9 Å². The standard InChI is InChI=1S/C26H24FN5O2/c1-18-7-9-19(10-8-18)17-32-23-22(6-3-11-28-23)29-24(26(32)34)30-12-14-31(15-13-30)25(33)20-4-2-5-21(27)16-20/h2-11,16H,12-15,17H2,1H3. The third-order valence-corrected chi connectivity index (χ3v) is 6.08. The van der Waals surface area contributed by atoms with Crippen LogP contribution in [0.15, 0.2) is 71.7 Å². The summed E-state index contributed by atoms with van der Waals surface area (Å²) in [6.45, 7) is 4.16. The number of fused-ring (bicyclic) bond motifs is 1. The smallest absolute Gasteiger partial charge is 0.295 e. The minimum Gasteiger partial charge on any atom is -0.348 e. The molecule has 34 heavy (non-hydrogen) atoms. The first-order valence-corrected chi connectivity index (χ1v) is 11.2. The summed E-state index contributed by atoms with van der Waals surface area (Å²) in [5.74, 6) is -0.301. The average molecular weight is 458 g/mol. The molecular weight excluding hydrogens is 433 g/mol. The molecule has 2 aromatic carbocycles. The monoisotopic (exact) mass is 457 g/mol. The summed E-state index contributed by atoms with van der Waals surface area (Å²) in [6.07, 6.45) is 1.66. The predicted molar refractivity (Wildman–Crippen MR) is 129 cm³/mol. The Balaban J connectivity index is 1.42. The molecule has 0 spiro atoms. The van der Waals surface area contributed by atoms with Crippen LogP contribution in [-0.4, -0.2) is 51.5 Å². The van der Waals surface area contributed by atoms with Crippen LogP contribution in [0.25, 0.3) is 11.2 Å². The second-order valence-electron chi connectivity index (χ2n) is 8.45. The lowest BCUT2D eigenvalue weighted by molar-refractivity contribution is 0.0746. The summed E-state index contributed by atoms with van der Waals surface area (Å²) in [4.78, 5) is 38.9. The summed E-state index contributed by atoms with van der Waals surface area (Å²) in [6, 6.07) is 17.4. The number of benzene rings is 2. The molecular formula is C26H24FN5O2. The molecule has 8 heteroatoms. The summed E-state index contributed by atoms with van der Waals surface area (Å²) in [7, 11) is 0. The van der Waals surface area contributed by atoms with Crippen molar-refractivity contribution in [2.24, 2.45) is 0 Å². The van der Waals surface area contributed by atoms with E-state index in [4.69, 9.17) is 0 Å². The zero-order valence-electron chi connectivity index (χ0n) is 18.8. The number of aromatic nitrogens is 3. The molecule has 1 aliphatic heterocycles. The second-order valence-corrected chi connectivity index (χ2v) is 8.45. The highest BCUT2D eigenvalue weighted by molar-refractivity contribution is 5.94. The fourth-order valence-electron chi connectivity index (χ4n) is 4.22. The van der Waals surface area contributed by atoms with Gasteiger partial charge < -0.3 is 9.80 Å². The van der Waals surface area contributed by atoms with Crippen LogP contribution in [-0.2, 0) is 6.54 Å². The van der Waals surface area contributed by atoms with Gasteiger partial charge in [-0.15, -0.1) is 0 Å². The number of hydrogen-bond donors (Lipinski definition) is 0. The van der Waals surface area contributed by atoms with E-state index in [1.807, 2.05) is 42.2 Å². The minimum absolute atomic E-state index is 0.211. The molecule has 0 aliphatic carbocycles. The number of anilines is 1. The number of rotatable bonds is 4. The highest BCUT2D eigenvalue weighted by atomic mass is 19.1. The zero-order valence-corrected chi connectivity index (χ0v) is 18.8. The predicted octanol–water partition coefficient (Wildman–Crippen LogP) is 3.25. The highest BCUT2D eigenvalue weighted by Crippen LogP contribution is 2.17. The van der Waals surface area contributed by atoms with Crippen molar-refractivity contribution in [3.63, 3.8) is 0 Å². The molecule has 0 atom stereocenters. The molecule has 0 radical (unpaired) electrons. The fraction of sp³-hybridized carbons (Fsp3) is 0.231. The van der Waals surface area contributed by atoms with Crippen molar-refractivity contribution in [1.82, 2.24) is 19.4 Å². The van der Waals surface area contributed by atoms with Crippen molar-refractivity contribution in [1.29, 1.82) is 0 Å². The Kier molecular flexibility index (Phi) is 5.79. The van der Waals surface area contributed by atoms with Crippen LogP contribution in [0.1, 0.15) is 21.5 Å². The molecule has 7 nitrogen and oxygen atoms in total. The summed E-state index contributed by atoms with van der Waals surface area (Å²) in [5.41, 5.74) is 3.45. The van der Waals surface area contributed by atoms with Crippen molar-refractivity contribution in [2.75, 3.05) is 31.1 Å². The molecule has 172 valence electrons. The number of aryl methyl sites for hydroxylation is 1. The van der Waals surface area contributed by atoms with Gasteiger partial charge in [0.2, 0.25) is 0 Å². The van der Waals surface area contributed by atoms with Crippen LogP contribution < -0.4 is 10.5 Å². The summed E-state index contributed by atoms with van der Waals surface area (Å²) >= 11 is 0. The van der Waals surface area contributed by atoms with Crippen LogP contribution >= 0.6 is 0 Å². The molecule has 1 amide bonds. The van der Waals surface area contributed by atoms with Crippen molar-refractivity contribution >= 4 is 22.9 Å². The van der Waals surface area contributed by atoms with E-state index in [0.29, 0.717) is 55.3 Å². The first kappa shape index (κ1) is 21.8. The van der Waals surface area contributed by atoms with Gasteiger partial charge in [-0.05, 0) is 42.8 Å². The molecule has 5 rings (SSSR count). The van der Waals surface area contributed by atoms with E-state index in [1.165, 1.54) is 18.2 Å². The Labute approximate surface area is 196 Å². The largest absolute Gasteiger partial charge is 0.348 e. The number of carbonyl (C=O) groups is 1. The molecule has 0 unspecified atom stereocenters. The van der Waals surface area contributed by atoms with Crippen LogP contribution in [0.4, 0.5) is 10.2 Å². The van der Waals surface area contributed by atoms with Gasteiger partial charge in [-0.25, -0.2) is 14.4 Å².